The molecule has 0 spiro atoms. The summed E-state index contributed by atoms with van der Waals surface area (Å²) in [6, 6.07) is 3.12. The van der Waals surface area contributed by atoms with Gasteiger partial charge in [0, 0.05) is 12.5 Å². The molecule has 0 aliphatic heterocycles. The van der Waals surface area contributed by atoms with Crippen molar-refractivity contribution >= 4 is 21.5 Å². The van der Waals surface area contributed by atoms with Gasteiger partial charge in [-0.15, -0.1) is 0 Å². The topological polar surface area (TPSA) is 90.6 Å². The zero-order valence-electron chi connectivity index (χ0n) is 9.82. The molecule has 7 nitrogen and oxygen atoms in total. The molecule has 0 unspecified atom stereocenters. The summed E-state index contributed by atoms with van der Waals surface area (Å²) < 4.78 is 28.2. The summed E-state index contributed by atoms with van der Waals surface area (Å²) in [4.78, 5) is 15.4. The van der Waals surface area contributed by atoms with Crippen LogP contribution in [0.25, 0.3) is 5.65 Å². The van der Waals surface area contributed by atoms with Crippen molar-refractivity contribution in [1.29, 1.82) is 0 Å². The number of ether oxygens (including phenoxy) is 1. The fourth-order valence-electron chi connectivity index (χ4n) is 1.46. The van der Waals surface area contributed by atoms with E-state index in [4.69, 9.17) is 0 Å². The van der Waals surface area contributed by atoms with Crippen LogP contribution in [-0.2, 0) is 20.3 Å². The number of methoxy groups -OCH3 is 1. The molecule has 0 amide bonds. The van der Waals surface area contributed by atoms with Crippen molar-refractivity contribution in [3.8, 4) is 0 Å². The van der Waals surface area contributed by atoms with E-state index in [1.165, 1.54) is 17.8 Å². The molecule has 2 heterocycles. The van der Waals surface area contributed by atoms with Crippen molar-refractivity contribution in [3.05, 3.63) is 29.7 Å². The first-order valence-electron chi connectivity index (χ1n) is 5.00. The van der Waals surface area contributed by atoms with Crippen molar-refractivity contribution in [2.45, 2.75) is 5.75 Å². The van der Waals surface area contributed by atoms with E-state index in [1.54, 1.807) is 12.1 Å². The minimum atomic E-state index is -3.19. The minimum Gasteiger partial charge on any atom is -0.465 e. The summed E-state index contributed by atoms with van der Waals surface area (Å²) in [7, 11) is -1.91. The highest BCUT2D eigenvalue weighted by atomic mass is 32.2. The summed E-state index contributed by atoms with van der Waals surface area (Å²) >= 11 is 0. The molecule has 2 aromatic rings. The Morgan fingerprint density at radius 3 is 2.78 bits per heavy atom. The van der Waals surface area contributed by atoms with Gasteiger partial charge in [-0.3, -0.25) is 0 Å². The molecule has 18 heavy (non-hydrogen) atoms. The zero-order chi connectivity index (χ0) is 13.3. The van der Waals surface area contributed by atoms with Gasteiger partial charge < -0.3 is 4.74 Å². The van der Waals surface area contributed by atoms with Crippen molar-refractivity contribution in [2.24, 2.45) is 0 Å². The van der Waals surface area contributed by atoms with Gasteiger partial charge in [-0.05, 0) is 12.1 Å². The number of sulfone groups is 1. The lowest BCUT2D eigenvalue weighted by atomic mass is 10.3. The lowest BCUT2D eigenvalue weighted by Gasteiger charge is -1.98. The van der Waals surface area contributed by atoms with Gasteiger partial charge in [-0.2, -0.15) is 5.10 Å². The first kappa shape index (κ1) is 12.5. The fourth-order valence-corrected chi connectivity index (χ4v) is 2.05. The molecule has 0 radical (unpaired) electrons. The molecule has 2 rings (SSSR count). The van der Waals surface area contributed by atoms with E-state index < -0.39 is 15.8 Å². The molecular weight excluding hydrogens is 258 g/mol. The van der Waals surface area contributed by atoms with Crippen LogP contribution in [0.2, 0.25) is 0 Å². The average molecular weight is 269 g/mol. The SMILES string of the molecule is COC(=O)c1ccc2nc(CS(C)(=O)=O)nn2c1. The first-order chi connectivity index (χ1) is 8.39. The quantitative estimate of drug-likeness (QED) is 0.732. The third-order valence-corrected chi connectivity index (χ3v) is 2.97. The Hall–Kier alpha value is -1.96. The van der Waals surface area contributed by atoms with Gasteiger partial charge in [0.15, 0.2) is 21.3 Å². The molecule has 0 aliphatic carbocycles. The van der Waals surface area contributed by atoms with Gasteiger partial charge in [-0.25, -0.2) is 22.7 Å². The van der Waals surface area contributed by atoms with E-state index in [1.807, 2.05) is 0 Å². The fraction of sp³-hybridized carbons (Fsp3) is 0.300. The maximum absolute atomic E-state index is 11.3. The number of pyridine rings is 1. The second-order valence-electron chi connectivity index (χ2n) is 3.81. The van der Waals surface area contributed by atoms with Gasteiger partial charge in [-0.1, -0.05) is 0 Å². The van der Waals surface area contributed by atoms with E-state index in [0.717, 1.165) is 6.26 Å². The Morgan fingerprint density at radius 2 is 2.17 bits per heavy atom. The number of carbonyl (C=O) groups is 1. The van der Waals surface area contributed by atoms with Crippen molar-refractivity contribution in [3.63, 3.8) is 0 Å². The summed E-state index contributed by atoms with van der Waals surface area (Å²) in [6.45, 7) is 0. The molecule has 0 N–H and O–H groups in total. The molecule has 0 saturated heterocycles. The van der Waals surface area contributed by atoms with Crippen LogP contribution >= 0.6 is 0 Å². The smallest absolute Gasteiger partial charge is 0.339 e. The highest BCUT2D eigenvalue weighted by Crippen LogP contribution is 2.07. The lowest BCUT2D eigenvalue weighted by molar-refractivity contribution is 0.0600. The third-order valence-electron chi connectivity index (χ3n) is 2.19. The summed E-state index contributed by atoms with van der Waals surface area (Å²) in [6.07, 6.45) is 2.55. The number of carbonyl (C=O) groups excluding carboxylic acids is 1. The Bertz CT molecular complexity index is 705. The number of esters is 1. The first-order valence-corrected chi connectivity index (χ1v) is 7.06. The van der Waals surface area contributed by atoms with Crippen LogP contribution in [0.1, 0.15) is 16.2 Å². The van der Waals surface area contributed by atoms with Crippen LogP contribution in [0, 0.1) is 0 Å². The van der Waals surface area contributed by atoms with Gasteiger partial charge >= 0.3 is 5.97 Å². The Labute approximate surface area is 103 Å². The molecule has 0 aromatic carbocycles. The third kappa shape index (κ3) is 2.65. The normalized spacial score (nSPS) is 11.7. The van der Waals surface area contributed by atoms with Gasteiger partial charge in [0.25, 0.3) is 0 Å². The van der Waals surface area contributed by atoms with Crippen molar-refractivity contribution < 1.29 is 17.9 Å². The Kier molecular flexibility index (Phi) is 3.04. The van der Waals surface area contributed by atoms with Gasteiger partial charge in [0.2, 0.25) is 0 Å². The molecule has 0 atom stereocenters. The standard InChI is InChI=1S/C10H11N3O4S/c1-17-10(14)7-3-4-9-11-8(6-18(2,15)16)12-13(9)5-7/h3-5H,6H2,1-2H3. The van der Waals surface area contributed by atoms with E-state index in [2.05, 4.69) is 14.8 Å². The number of fused-ring (bicyclic) bond motifs is 1. The van der Waals surface area contributed by atoms with Crippen LogP contribution in [0.5, 0.6) is 0 Å². The highest BCUT2D eigenvalue weighted by molar-refractivity contribution is 7.89. The summed E-state index contributed by atoms with van der Waals surface area (Å²) in [5.41, 5.74) is 0.794. The van der Waals surface area contributed by atoms with Gasteiger partial charge in [0.05, 0.1) is 12.7 Å². The lowest BCUT2D eigenvalue weighted by Crippen LogP contribution is -2.04. The zero-order valence-corrected chi connectivity index (χ0v) is 10.6. The van der Waals surface area contributed by atoms with Crippen LogP contribution in [0.15, 0.2) is 18.3 Å². The van der Waals surface area contributed by atoms with Crippen molar-refractivity contribution in [1.82, 2.24) is 14.6 Å². The number of nitrogens with zero attached hydrogens (tertiary/aromatic N) is 3. The number of rotatable bonds is 3. The Balaban J connectivity index is 2.43. The second kappa shape index (κ2) is 4.37. The van der Waals surface area contributed by atoms with E-state index in [-0.39, 0.29) is 11.6 Å². The Morgan fingerprint density at radius 1 is 1.44 bits per heavy atom. The number of hydrogen-bond acceptors (Lipinski definition) is 6. The molecule has 2 aromatic heterocycles. The van der Waals surface area contributed by atoms with Crippen LogP contribution in [0.4, 0.5) is 0 Å². The maximum atomic E-state index is 11.3. The molecule has 0 saturated carbocycles. The van der Waals surface area contributed by atoms with E-state index in [0.29, 0.717) is 11.2 Å². The van der Waals surface area contributed by atoms with Crippen LogP contribution in [0.3, 0.4) is 0 Å². The number of hydrogen-bond donors (Lipinski definition) is 0. The predicted octanol–water partition coefficient (Wildman–Crippen LogP) is 0.0605. The largest absolute Gasteiger partial charge is 0.465 e. The molecule has 0 fully saturated rings. The second-order valence-corrected chi connectivity index (χ2v) is 5.95. The molecule has 96 valence electrons. The minimum absolute atomic E-state index is 0.194. The molecular formula is C10H11N3O4S. The molecule has 0 bridgehead atoms. The van der Waals surface area contributed by atoms with E-state index in [9.17, 15) is 13.2 Å². The maximum Gasteiger partial charge on any atom is 0.339 e. The highest BCUT2D eigenvalue weighted by Gasteiger charge is 2.12. The van der Waals surface area contributed by atoms with Gasteiger partial charge in [0.1, 0.15) is 5.75 Å². The van der Waals surface area contributed by atoms with E-state index >= 15 is 0 Å². The molecule has 8 heteroatoms. The average Bonchev–Trinajstić information content (AvgIpc) is 2.66. The van der Waals surface area contributed by atoms with Crippen LogP contribution < -0.4 is 0 Å². The monoisotopic (exact) mass is 269 g/mol. The number of aromatic nitrogens is 3. The summed E-state index contributed by atoms with van der Waals surface area (Å²) in [5.74, 6) is -0.529. The van der Waals surface area contributed by atoms with Crippen LogP contribution in [-0.4, -0.2) is 42.4 Å². The molecule has 0 aliphatic rings. The summed E-state index contributed by atoms with van der Waals surface area (Å²) in [5, 5.41) is 3.99. The van der Waals surface area contributed by atoms with Crippen molar-refractivity contribution in [2.75, 3.05) is 13.4 Å². The predicted molar refractivity (Wildman–Crippen MR) is 62.9 cm³/mol.